The molecule has 7 nitrogen and oxygen atoms in total. The normalized spacial score (nSPS) is 13.0. The van der Waals surface area contributed by atoms with Crippen LogP contribution in [0.4, 0.5) is 14.5 Å². The Morgan fingerprint density at radius 1 is 1.35 bits per heavy atom. The van der Waals surface area contributed by atoms with E-state index >= 15 is 0 Å². The summed E-state index contributed by atoms with van der Waals surface area (Å²) in [5.41, 5.74) is 6.80. The molecule has 0 amide bonds. The molecule has 0 aliphatic rings. The molecule has 0 saturated heterocycles. The molecule has 31 heavy (non-hydrogen) atoms. The zero-order valence-corrected chi connectivity index (χ0v) is 19.0. The van der Waals surface area contributed by atoms with E-state index in [2.05, 4.69) is 21.7 Å². The fourth-order valence-electron chi connectivity index (χ4n) is 2.58. The smallest absolute Gasteiger partial charge is 0.266 e. The molecule has 0 fully saturated rings. The van der Waals surface area contributed by atoms with Gasteiger partial charge in [0, 0.05) is 18.1 Å². The van der Waals surface area contributed by atoms with Crippen molar-refractivity contribution in [1.29, 1.82) is 0 Å². The van der Waals surface area contributed by atoms with Gasteiger partial charge in [-0.15, -0.1) is 11.8 Å². The molecule has 1 atom stereocenters. The molecular formula is C19H21ClF2N4O3S2. The van der Waals surface area contributed by atoms with Crippen LogP contribution in [0.1, 0.15) is 17.3 Å². The maximum absolute atomic E-state index is 14.6. The van der Waals surface area contributed by atoms with Crippen molar-refractivity contribution >= 4 is 45.8 Å². The molecule has 0 aliphatic carbocycles. The lowest BCUT2D eigenvalue weighted by atomic mass is 10.1. The van der Waals surface area contributed by atoms with Crippen LogP contribution in [0.15, 0.2) is 51.4 Å². The molecular weight excluding hydrogens is 470 g/mol. The van der Waals surface area contributed by atoms with Gasteiger partial charge in [-0.3, -0.25) is 4.72 Å². The van der Waals surface area contributed by atoms with Crippen LogP contribution in [0.5, 0.6) is 0 Å². The van der Waals surface area contributed by atoms with Crippen LogP contribution in [-0.4, -0.2) is 28.5 Å². The number of benzene rings is 2. The summed E-state index contributed by atoms with van der Waals surface area (Å²) in [5.74, 6) is -1.74. The van der Waals surface area contributed by atoms with E-state index in [-0.39, 0.29) is 28.7 Å². The molecule has 0 aromatic heterocycles. The summed E-state index contributed by atoms with van der Waals surface area (Å²) in [6.45, 7) is 3.51. The Balaban J connectivity index is 2.33. The molecule has 4 N–H and O–H groups in total. The molecule has 12 heteroatoms. The summed E-state index contributed by atoms with van der Waals surface area (Å²) in [4.78, 5) is 2.84. The van der Waals surface area contributed by atoms with Crippen LogP contribution >= 0.6 is 23.4 Å². The van der Waals surface area contributed by atoms with Gasteiger partial charge in [-0.2, -0.15) is 0 Å². The summed E-state index contributed by atoms with van der Waals surface area (Å²) in [6.07, 6.45) is 0.601. The van der Waals surface area contributed by atoms with Gasteiger partial charge < -0.3 is 15.8 Å². The van der Waals surface area contributed by atoms with Crippen molar-refractivity contribution in [3.63, 3.8) is 0 Å². The first-order valence-electron chi connectivity index (χ1n) is 8.63. The van der Waals surface area contributed by atoms with Crippen LogP contribution in [0.2, 0.25) is 5.02 Å². The van der Waals surface area contributed by atoms with Crippen molar-refractivity contribution in [3.05, 3.63) is 69.3 Å². The van der Waals surface area contributed by atoms with Crippen molar-refractivity contribution in [2.24, 2.45) is 10.7 Å². The fourth-order valence-corrected chi connectivity index (χ4v) is 4.39. The third-order valence-corrected chi connectivity index (χ3v) is 6.11. The molecule has 0 spiro atoms. The number of hydrogen-bond donors (Lipinski definition) is 3. The van der Waals surface area contributed by atoms with E-state index in [4.69, 9.17) is 22.1 Å². The van der Waals surface area contributed by atoms with E-state index in [9.17, 15) is 17.2 Å². The number of methoxy groups -OCH3 is 1. The van der Waals surface area contributed by atoms with Crippen LogP contribution in [0.25, 0.3) is 0 Å². The second-order valence-corrected chi connectivity index (χ2v) is 8.94. The Morgan fingerprint density at radius 2 is 2.06 bits per heavy atom. The standard InChI is InChI=1S/C19H21ClF2N4O3S2/c1-24-18(10-30-3)26-31(27,28)17-7-13(20)16(8-15(17)22)25-19(23)12-6-11(9-29-2)4-5-14(12)21/h4-8,10,19,25-26H,1,9,23H2,2-3H3/b18-10+/t19-/m1/s1. The Kier molecular flexibility index (Phi) is 8.83. The van der Waals surface area contributed by atoms with Gasteiger partial charge in [0.15, 0.2) is 0 Å². The number of halogens is 3. The van der Waals surface area contributed by atoms with E-state index in [1.165, 1.54) is 36.4 Å². The van der Waals surface area contributed by atoms with Gasteiger partial charge in [-0.25, -0.2) is 22.2 Å². The predicted octanol–water partition coefficient (Wildman–Crippen LogP) is 3.97. The van der Waals surface area contributed by atoms with Gasteiger partial charge in [-0.1, -0.05) is 17.7 Å². The minimum absolute atomic E-state index is 0.0103. The first-order valence-corrected chi connectivity index (χ1v) is 11.8. The number of hydrogen-bond acceptors (Lipinski definition) is 7. The number of ether oxygens (including phenoxy) is 1. The Morgan fingerprint density at radius 3 is 2.68 bits per heavy atom. The highest BCUT2D eigenvalue weighted by molar-refractivity contribution is 8.01. The quantitative estimate of drug-likeness (QED) is 0.343. The highest BCUT2D eigenvalue weighted by atomic mass is 35.5. The van der Waals surface area contributed by atoms with Crippen LogP contribution in [0.3, 0.4) is 0 Å². The summed E-state index contributed by atoms with van der Waals surface area (Å²) < 4.78 is 61.0. The Labute approximate surface area is 188 Å². The average Bonchev–Trinajstić information content (AvgIpc) is 2.71. The molecule has 0 bridgehead atoms. The van der Waals surface area contributed by atoms with Gasteiger partial charge in [0.1, 0.15) is 28.5 Å². The van der Waals surface area contributed by atoms with Crippen molar-refractivity contribution in [1.82, 2.24) is 4.72 Å². The van der Waals surface area contributed by atoms with E-state index in [0.717, 1.165) is 12.1 Å². The first kappa shape index (κ1) is 25.1. The fraction of sp³-hybridized carbons (Fsp3) is 0.211. The maximum Gasteiger partial charge on any atom is 0.266 e. The van der Waals surface area contributed by atoms with E-state index in [0.29, 0.717) is 5.56 Å². The number of sulfonamides is 1. The molecule has 2 rings (SSSR count). The summed E-state index contributed by atoms with van der Waals surface area (Å²) in [7, 11) is -2.82. The van der Waals surface area contributed by atoms with Gasteiger partial charge in [0.05, 0.1) is 17.3 Å². The monoisotopic (exact) mass is 490 g/mol. The topological polar surface area (TPSA) is 106 Å². The number of nitrogens with one attached hydrogen (secondary N) is 2. The molecule has 0 aliphatic heterocycles. The molecule has 0 saturated carbocycles. The van der Waals surface area contributed by atoms with Crippen molar-refractivity contribution < 1.29 is 21.9 Å². The summed E-state index contributed by atoms with van der Waals surface area (Å²) in [5, 5.41) is 3.96. The number of nitrogens with zero attached hydrogens (tertiary/aromatic N) is 1. The highest BCUT2D eigenvalue weighted by Crippen LogP contribution is 2.31. The number of aliphatic imine (C=N–C) groups is 1. The minimum atomic E-state index is -4.32. The number of anilines is 1. The van der Waals surface area contributed by atoms with Gasteiger partial charge >= 0.3 is 0 Å². The number of thioether (sulfide) groups is 1. The first-order chi connectivity index (χ1) is 14.6. The Bertz CT molecular complexity index is 1100. The van der Waals surface area contributed by atoms with Crippen LogP contribution in [0, 0.1) is 11.6 Å². The van der Waals surface area contributed by atoms with Gasteiger partial charge in [-0.05, 0) is 42.8 Å². The Hall–Kier alpha value is -2.18. The average molecular weight is 491 g/mol. The largest absolute Gasteiger partial charge is 0.380 e. The van der Waals surface area contributed by atoms with E-state index in [1.807, 2.05) is 0 Å². The molecule has 0 radical (unpaired) electrons. The molecule has 2 aromatic rings. The van der Waals surface area contributed by atoms with Crippen molar-refractivity contribution in [3.8, 4) is 0 Å². The predicted molar refractivity (Wildman–Crippen MR) is 121 cm³/mol. The second kappa shape index (κ2) is 10.9. The van der Waals surface area contributed by atoms with Crippen molar-refractivity contribution in [2.75, 3.05) is 18.7 Å². The van der Waals surface area contributed by atoms with Crippen molar-refractivity contribution in [2.45, 2.75) is 17.7 Å². The molecule has 168 valence electrons. The summed E-state index contributed by atoms with van der Waals surface area (Å²) >= 11 is 7.33. The number of rotatable bonds is 10. The maximum atomic E-state index is 14.6. The lowest BCUT2D eigenvalue weighted by molar-refractivity contribution is 0.184. The summed E-state index contributed by atoms with van der Waals surface area (Å²) in [6, 6.07) is 6.08. The SMILES string of the molecule is C=N/C(=C\SC)NS(=O)(=O)c1cc(Cl)c(N[C@@H](N)c2cc(COC)ccc2F)cc1F. The third kappa shape index (κ3) is 6.40. The lowest BCUT2D eigenvalue weighted by Crippen LogP contribution is -2.24. The zero-order valence-electron chi connectivity index (χ0n) is 16.7. The minimum Gasteiger partial charge on any atom is -0.380 e. The molecule has 0 heterocycles. The van der Waals surface area contributed by atoms with Gasteiger partial charge in [0.2, 0.25) is 0 Å². The van der Waals surface area contributed by atoms with Crippen LogP contribution < -0.4 is 15.8 Å². The van der Waals surface area contributed by atoms with E-state index < -0.39 is 32.7 Å². The second-order valence-electron chi connectivity index (χ2n) is 6.18. The van der Waals surface area contributed by atoms with Gasteiger partial charge in [0.25, 0.3) is 10.0 Å². The highest BCUT2D eigenvalue weighted by Gasteiger charge is 2.23. The molecule has 0 unspecified atom stereocenters. The molecule has 2 aromatic carbocycles. The van der Waals surface area contributed by atoms with Crippen LogP contribution in [-0.2, 0) is 21.4 Å². The lowest BCUT2D eigenvalue weighted by Gasteiger charge is -2.19. The third-order valence-electron chi connectivity index (χ3n) is 3.97. The van der Waals surface area contributed by atoms with E-state index in [1.54, 1.807) is 12.3 Å². The number of nitrogens with two attached hydrogens (primary N) is 1. The zero-order chi connectivity index (χ0) is 23.2.